The molecule has 1 aliphatic rings. The van der Waals surface area contributed by atoms with E-state index in [9.17, 15) is 0 Å². The summed E-state index contributed by atoms with van der Waals surface area (Å²) in [4.78, 5) is 4.36. The quantitative estimate of drug-likeness (QED) is 0.870. The molecule has 94 valence electrons. The van der Waals surface area contributed by atoms with E-state index in [-0.39, 0.29) is 0 Å². The van der Waals surface area contributed by atoms with Crippen molar-refractivity contribution >= 4 is 11.8 Å². The van der Waals surface area contributed by atoms with Crippen LogP contribution in [0.5, 0.6) is 0 Å². The Morgan fingerprint density at radius 3 is 3.00 bits per heavy atom. The summed E-state index contributed by atoms with van der Waals surface area (Å²) in [6.07, 6.45) is 10.7. The second kappa shape index (κ2) is 7.02. The highest BCUT2D eigenvalue weighted by Gasteiger charge is 2.23. The second-order valence-corrected chi connectivity index (χ2v) is 5.77. The van der Waals surface area contributed by atoms with Gasteiger partial charge < -0.3 is 5.32 Å². The number of hydrogen-bond acceptors (Lipinski definition) is 3. The van der Waals surface area contributed by atoms with Gasteiger partial charge in [-0.1, -0.05) is 18.9 Å². The molecule has 0 radical (unpaired) electrons. The summed E-state index contributed by atoms with van der Waals surface area (Å²) in [6.45, 7) is 1.05. The van der Waals surface area contributed by atoms with Crippen LogP contribution in [0.2, 0.25) is 0 Å². The van der Waals surface area contributed by atoms with E-state index in [1.165, 1.54) is 31.4 Å². The molecule has 2 atom stereocenters. The van der Waals surface area contributed by atoms with Crippen LogP contribution < -0.4 is 5.32 Å². The first-order valence-electron chi connectivity index (χ1n) is 6.56. The molecule has 1 N–H and O–H groups in total. The molecule has 0 aromatic carbocycles. The first-order chi connectivity index (χ1) is 8.40. The standard InChI is InChI=1S/C14H22N2S/c1-17-14-8-3-2-7-13(14)16-11-9-12-6-4-5-10-15-12/h4-6,10,13-14,16H,2-3,7-9,11H2,1H3. The van der Waals surface area contributed by atoms with Crippen LogP contribution in [0.3, 0.4) is 0 Å². The minimum atomic E-state index is 0.711. The smallest absolute Gasteiger partial charge is 0.0416 e. The fourth-order valence-corrected chi connectivity index (χ4v) is 3.51. The van der Waals surface area contributed by atoms with Crippen LogP contribution in [-0.4, -0.2) is 29.1 Å². The molecular formula is C14H22N2S. The Labute approximate surface area is 109 Å². The van der Waals surface area contributed by atoms with E-state index < -0.39 is 0 Å². The molecule has 0 saturated heterocycles. The molecule has 1 aromatic rings. The van der Waals surface area contributed by atoms with Crippen LogP contribution in [-0.2, 0) is 6.42 Å². The molecule has 0 spiro atoms. The summed E-state index contributed by atoms with van der Waals surface area (Å²) < 4.78 is 0. The van der Waals surface area contributed by atoms with Gasteiger partial charge in [0, 0.05) is 36.1 Å². The van der Waals surface area contributed by atoms with E-state index in [4.69, 9.17) is 0 Å². The van der Waals surface area contributed by atoms with Crippen LogP contribution in [0.25, 0.3) is 0 Å². The average molecular weight is 250 g/mol. The van der Waals surface area contributed by atoms with Crippen molar-refractivity contribution in [2.24, 2.45) is 0 Å². The number of pyridine rings is 1. The maximum absolute atomic E-state index is 4.36. The first-order valence-corrected chi connectivity index (χ1v) is 7.85. The Morgan fingerprint density at radius 2 is 2.24 bits per heavy atom. The maximum Gasteiger partial charge on any atom is 0.0416 e. The molecular weight excluding hydrogens is 228 g/mol. The van der Waals surface area contributed by atoms with Crippen LogP contribution >= 0.6 is 11.8 Å². The predicted molar refractivity (Wildman–Crippen MR) is 75.5 cm³/mol. The topological polar surface area (TPSA) is 24.9 Å². The largest absolute Gasteiger partial charge is 0.312 e. The van der Waals surface area contributed by atoms with Gasteiger partial charge in [-0.2, -0.15) is 11.8 Å². The molecule has 1 fully saturated rings. The molecule has 0 amide bonds. The average Bonchev–Trinajstić information content (AvgIpc) is 2.40. The van der Waals surface area contributed by atoms with Gasteiger partial charge in [-0.25, -0.2) is 0 Å². The van der Waals surface area contributed by atoms with E-state index >= 15 is 0 Å². The molecule has 1 saturated carbocycles. The normalized spacial score (nSPS) is 24.8. The lowest BCUT2D eigenvalue weighted by Gasteiger charge is -2.31. The number of nitrogens with one attached hydrogen (secondary N) is 1. The molecule has 1 aromatic heterocycles. The van der Waals surface area contributed by atoms with Gasteiger partial charge in [0.25, 0.3) is 0 Å². The number of hydrogen-bond donors (Lipinski definition) is 1. The van der Waals surface area contributed by atoms with Crippen molar-refractivity contribution in [1.82, 2.24) is 10.3 Å². The second-order valence-electron chi connectivity index (χ2n) is 4.69. The highest BCUT2D eigenvalue weighted by molar-refractivity contribution is 7.99. The maximum atomic E-state index is 4.36. The van der Waals surface area contributed by atoms with Gasteiger partial charge in [-0.15, -0.1) is 0 Å². The predicted octanol–water partition coefficient (Wildman–Crippen LogP) is 2.89. The van der Waals surface area contributed by atoms with Crippen LogP contribution in [0.15, 0.2) is 24.4 Å². The zero-order chi connectivity index (χ0) is 11.9. The van der Waals surface area contributed by atoms with Gasteiger partial charge in [0.2, 0.25) is 0 Å². The molecule has 0 bridgehead atoms. The fraction of sp³-hybridized carbons (Fsp3) is 0.643. The van der Waals surface area contributed by atoms with Gasteiger partial charge in [0.05, 0.1) is 0 Å². The fourth-order valence-electron chi connectivity index (χ4n) is 2.54. The first kappa shape index (κ1) is 12.9. The van der Waals surface area contributed by atoms with Crippen molar-refractivity contribution in [3.05, 3.63) is 30.1 Å². The Hall–Kier alpha value is -0.540. The van der Waals surface area contributed by atoms with Crippen molar-refractivity contribution in [2.75, 3.05) is 12.8 Å². The number of nitrogens with zero attached hydrogens (tertiary/aromatic N) is 1. The van der Waals surface area contributed by atoms with Gasteiger partial charge in [0.1, 0.15) is 0 Å². The third-order valence-corrected chi connectivity index (χ3v) is 4.69. The van der Waals surface area contributed by atoms with E-state index in [0.717, 1.165) is 18.2 Å². The lowest BCUT2D eigenvalue weighted by atomic mass is 9.95. The molecule has 2 rings (SSSR count). The van der Waals surface area contributed by atoms with Crippen molar-refractivity contribution < 1.29 is 0 Å². The molecule has 1 aliphatic carbocycles. The zero-order valence-electron chi connectivity index (χ0n) is 10.6. The summed E-state index contributed by atoms with van der Waals surface area (Å²) in [7, 11) is 0. The number of rotatable bonds is 5. The van der Waals surface area contributed by atoms with Crippen LogP contribution in [0.1, 0.15) is 31.4 Å². The highest BCUT2D eigenvalue weighted by Crippen LogP contribution is 2.26. The van der Waals surface area contributed by atoms with Gasteiger partial charge in [-0.05, 0) is 31.2 Å². The Morgan fingerprint density at radius 1 is 1.35 bits per heavy atom. The number of thioether (sulfide) groups is 1. The Balaban J connectivity index is 1.74. The molecule has 3 heteroatoms. The monoisotopic (exact) mass is 250 g/mol. The third kappa shape index (κ3) is 4.00. The van der Waals surface area contributed by atoms with Crippen molar-refractivity contribution in [2.45, 2.75) is 43.4 Å². The van der Waals surface area contributed by atoms with E-state index in [2.05, 4.69) is 28.7 Å². The molecule has 2 nitrogen and oxygen atoms in total. The van der Waals surface area contributed by atoms with Crippen molar-refractivity contribution in [1.29, 1.82) is 0 Å². The molecule has 1 heterocycles. The molecule has 2 unspecified atom stereocenters. The minimum absolute atomic E-state index is 0.711. The van der Waals surface area contributed by atoms with E-state index in [1.54, 1.807) is 0 Å². The highest BCUT2D eigenvalue weighted by atomic mass is 32.2. The summed E-state index contributed by atoms with van der Waals surface area (Å²) in [6, 6.07) is 6.85. The lowest BCUT2D eigenvalue weighted by Crippen LogP contribution is -2.41. The van der Waals surface area contributed by atoms with Crippen LogP contribution in [0.4, 0.5) is 0 Å². The van der Waals surface area contributed by atoms with Crippen molar-refractivity contribution in [3.8, 4) is 0 Å². The summed E-state index contributed by atoms with van der Waals surface area (Å²) in [5.74, 6) is 0. The van der Waals surface area contributed by atoms with Gasteiger partial charge >= 0.3 is 0 Å². The SMILES string of the molecule is CSC1CCCCC1NCCc1ccccn1. The zero-order valence-corrected chi connectivity index (χ0v) is 11.4. The summed E-state index contributed by atoms with van der Waals surface area (Å²) in [5, 5.41) is 4.52. The summed E-state index contributed by atoms with van der Waals surface area (Å²) in [5.41, 5.74) is 1.19. The third-order valence-electron chi connectivity index (χ3n) is 3.52. The summed E-state index contributed by atoms with van der Waals surface area (Å²) >= 11 is 2.02. The van der Waals surface area contributed by atoms with Gasteiger partial charge in [-0.3, -0.25) is 4.98 Å². The Kier molecular flexibility index (Phi) is 5.33. The van der Waals surface area contributed by atoms with E-state index in [0.29, 0.717) is 6.04 Å². The van der Waals surface area contributed by atoms with Gasteiger partial charge in [0.15, 0.2) is 0 Å². The minimum Gasteiger partial charge on any atom is -0.312 e. The Bertz CT molecular complexity index is 315. The van der Waals surface area contributed by atoms with Crippen molar-refractivity contribution in [3.63, 3.8) is 0 Å². The van der Waals surface area contributed by atoms with E-state index in [1.807, 2.05) is 24.0 Å². The number of aromatic nitrogens is 1. The lowest BCUT2D eigenvalue weighted by molar-refractivity contribution is 0.386. The molecule has 17 heavy (non-hydrogen) atoms. The molecule has 0 aliphatic heterocycles. The van der Waals surface area contributed by atoms with Crippen LogP contribution in [0, 0.1) is 0 Å².